The summed E-state index contributed by atoms with van der Waals surface area (Å²) in [5, 5.41) is 6.21. The maximum atomic E-state index is 12.8. The van der Waals surface area contributed by atoms with Crippen molar-refractivity contribution < 1.29 is 28.2 Å². The van der Waals surface area contributed by atoms with Gasteiger partial charge in [0.05, 0.1) is 34.1 Å². The van der Waals surface area contributed by atoms with Gasteiger partial charge in [-0.05, 0) is 29.8 Å². The number of halogens is 1. The second-order valence-electron chi connectivity index (χ2n) is 5.44. The highest BCUT2D eigenvalue weighted by Gasteiger charge is 2.17. The van der Waals surface area contributed by atoms with Crippen molar-refractivity contribution in [1.29, 1.82) is 0 Å². The number of benzene rings is 2. The second-order valence-corrected chi connectivity index (χ2v) is 5.44. The van der Waals surface area contributed by atoms with Crippen LogP contribution in [-0.2, 0) is 4.79 Å². The van der Waals surface area contributed by atoms with E-state index in [1.54, 1.807) is 0 Å². The van der Waals surface area contributed by atoms with Crippen LogP contribution in [0.3, 0.4) is 0 Å². The van der Waals surface area contributed by atoms with Crippen LogP contribution in [0.4, 0.5) is 4.39 Å². The van der Waals surface area contributed by atoms with Crippen LogP contribution in [0.1, 0.15) is 15.9 Å². The van der Waals surface area contributed by atoms with E-state index in [0.717, 1.165) is 0 Å². The van der Waals surface area contributed by atoms with E-state index in [-0.39, 0.29) is 17.9 Å². The van der Waals surface area contributed by atoms with Crippen molar-refractivity contribution in [2.24, 2.45) is 5.10 Å². The third-order valence-corrected chi connectivity index (χ3v) is 3.61. The molecule has 9 heteroatoms. The van der Waals surface area contributed by atoms with Crippen molar-refractivity contribution in [3.05, 3.63) is 53.3 Å². The van der Waals surface area contributed by atoms with Gasteiger partial charge in [-0.3, -0.25) is 9.59 Å². The summed E-state index contributed by atoms with van der Waals surface area (Å²) in [7, 11) is 4.33. The standard InChI is InChI=1S/C19H20FN3O5/c1-26-15-8-13(9-16(27-2)18(15)28-3)19(25)21-11-17(24)23-22-10-12-4-6-14(20)7-5-12/h4-10H,11H2,1-3H3,(H,21,25)(H,23,24)/b22-10-. The molecule has 2 aromatic carbocycles. The SMILES string of the molecule is COc1cc(C(=O)NCC(=O)N/N=C\c2ccc(F)cc2)cc(OC)c1OC. The van der Waals surface area contributed by atoms with E-state index in [9.17, 15) is 14.0 Å². The average molecular weight is 389 g/mol. The van der Waals surface area contributed by atoms with Gasteiger partial charge in [0.15, 0.2) is 11.5 Å². The first kappa shape index (κ1) is 20.7. The smallest absolute Gasteiger partial charge is 0.259 e. The summed E-state index contributed by atoms with van der Waals surface area (Å²) in [6.45, 7) is -0.295. The highest BCUT2D eigenvalue weighted by atomic mass is 19.1. The summed E-state index contributed by atoms with van der Waals surface area (Å²) in [5.74, 6) is -0.401. The van der Waals surface area contributed by atoms with Crippen molar-refractivity contribution in [3.8, 4) is 17.2 Å². The molecule has 0 unspecified atom stereocenters. The molecule has 0 aliphatic rings. The Morgan fingerprint density at radius 1 is 1.04 bits per heavy atom. The van der Waals surface area contributed by atoms with E-state index in [4.69, 9.17) is 14.2 Å². The van der Waals surface area contributed by atoms with Crippen molar-refractivity contribution in [2.45, 2.75) is 0 Å². The zero-order chi connectivity index (χ0) is 20.5. The Kier molecular flexibility index (Phi) is 7.32. The van der Waals surface area contributed by atoms with Gasteiger partial charge in [-0.25, -0.2) is 9.82 Å². The molecule has 28 heavy (non-hydrogen) atoms. The minimum atomic E-state index is -0.529. The minimum Gasteiger partial charge on any atom is -0.493 e. The molecule has 0 radical (unpaired) electrons. The van der Waals surface area contributed by atoms with E-state index in [0.29, 0.717) is 22.8 Å². The van der Waals surface area contributed by atoms with Crippen LogP contribution in [0.15, 0.2) is 41.5 Å². The van der Waals surface area contributed by atoms with Crippen LogP contribution in [0.25, 0.3) is 0 Å². The molecule has 2 aromatic rings. The molecule has 0 bridgehead atoms. The molecular formula is C19H20FN3O5. The highest BCUT2D eigenvalue weighted by molar-refractivity contribution is 5.97. The number of carbonyl (C=O) groups excluding carboxylic acids is 2. The fourth-order valence-electron chi connectivity index (χ4n) is 2.24. The number of hydrogen-bond acceptors (Lipinski definition) is 6. The van der Waals surface area contributed by atoms with Gasteiger partial charge in [-0.1, -0.05) is 12.1 Å². The Hall–Kier alpha value is -3.62. The normalized spacial score (nSPS) is 10.4. The zero-order valence-electron chi connectivity index (χ0n) is 15.6. The summed E-state index contributed by atoms with van der Waals surface area (Å²) in [4.78, 5) is 24.1. The molecule has 2 N–H and O–H groups in total. The Morgan fingerprint density at radius 2 is 1.64 bits per heavy atom. The zero-order valence-corrected chi connectivity index (χ0v) is 15.6. The quantitative estimate of drug-likeness (QED) is 0.529. The third kappa shape index (κ3) is 5.44. The Balaban J connectivity index is 1.94. The first-order valence-corrected chi connectivity index (χ1v) is 8.14. The van der Waals surface area contributed by atoms with Crippen LogP contribution < -0.4 is 25.0 Å². The topological polar surface area (TPSA) is 98.2 Å². The van der Waals surface area contributed by atoms with Crippen LogP contribution in [0, 0.1) is 5.82 Å². The van der Waals surface area contributed by atoms with Gasteiger partial charge in [0.25, 0.3) is 11.8 Å². The fraction of sp³-hybridized carbons (Fsp3) is 0.211. The lowest BCUT2D eigenvalue weighted by Gasteiger charge is -2.14. The van der Waals surface area contributed by atoms with Crippen molar-refractivity contribution in [3.63, 3.8) is 0 Å². The maximum absolute atomic E-state index is 12.8. The van der Waals surface area contributed by atoms with Crippen LogP contribution in [-0.4, -0.2) is 45.9 Å². The van der Waals surface area contributed by atoms with E-state index < -0.39 is 11.8 Å². The van der Waals surface area contributed by atoms with Crippen molar-refractivity contribution >= 4 is 18.0 Å². The number of hydrogen-bond donors (Lipinski definition) is 2. The van der Waals surface area contributed by atoms with Gasteiger partial charge in [0, 0.05) is 5.56 Å². The van der Waals surface area contributed by atoms with Gasteiger partial charge in [0.2, 0.25) is 5.75 Å². The monoisotopic (exact) mass is 389 g/mol. The summed E-state index contributed by atoms with van der Waals surface area (Å²) < 4.78 is 28.4. The summed E-state index contributed by atoms with van der Waals surface area (Å²) >= 11 is 0. The molecule has 0 aliphatic heterocycles. The van der Waals surface area contributed by atoms with Gasteiger partial charge in [-0.2, -0.15) is 5.10 Å². The number of rotatable bonds is 8. The molecule has 0 aliphatic carbocycles. The molecule has 0 heterocycles. The predicted octanol–water partition coefficient (Wildman–Crippen LogP) is 1.73. The van der Waals surface area contributed by atoms with Crippen molar-refractivity contribution in [2.75, 3.05) is 27.9 Å². The summed E-state index contributed by atoms with van der Waals surface area (Å²) in [5.41, 5.74) is 3.12. The third-order valence-electron chi connectivity index (χ3n) is 3.61. The number of nitrogens with one attached hydrogen (secondary N) is 2. The van der Waals surface area contributed by atoms with Crippen LogP contribution in [0.5, 0.6) is 17.2 Å². The van der Waals surface area contributed by atoms with Gasteiger partial charge in [-0.15, -0.1) is 0 Å². The fourth-order valence-corrected chi connectivity index (χ4v) is 2.24. The summed E-state index contributed by atoms with van der Waals surface area (Å²) in [6, 6.07) is 8.53. The molecule has 0 fully saturated rings. The number of carbonyl (C=O) groups is 2. The van der Waals surface area contributed by atoms with E-state index >= 15 is 0 Å². The molecule has 2 rings (SSSR count). The Labute approximate surface area is 161 Å². The molecule has 0 saturated carbocycles. The lowest BCUT2D eigenvalue weighted by Crippen LogP contribution is -2.34. The molecule has 2 amide bonds. The van der Waals surface area contributed by atoms with E-state index in [1.165, 1.54) is 63.9 Å². The molecule has 148 valence electrons. The van der Waals surface area contributed by atoms with E-state index in [2.05, 4.69) is 15.8 Å². The number of amides is 2. The first-order valence-electron chi connectivity index (χ1n) is 8.14. The van der Waals surface area contributed by atoms with Gasteiger partial charge < -0.3 is 19.5 Å². The predicted molar refractivity (Wildman–Crippen MR) is 101 cm³/mol. The second kappa shape index (κ2) is 9.91. The van der Waals surface area contributed by atoms with Crippen LogP contribution >= 0.6 is 0 Å². The largest absolute Gasteiger partial charge is 0.493 e. The van der Waals surface area contributed by atoms with Crippen molar-refractivity contribution in [1.82, 2.24) is 10.7 Å². The van der Waals surface area contributed by atoms with Gasteiger partial charge in [0.1, 0.15) is 5.82 Å². The summed E-state index contributed by atoms with van der Waals surface area (Å²) in [6.07, 6.45) is 1.36. The molecule has 0 saturated heterocycles. The number of hydrazone groups is 1. The molecular weight excluding hydrogens is 369 g/mol. The Bertz CT molecular complexity index is 843. The lowest BCUT2D eigenvalue weighted by molar-refractivity contribution is -0.120. The van der Waals surface area contributed by atoms with E-state index in [1.807, 2.05) is 0 Å². The van der Waals surface area contributed by atoms with Crippen LogP contribution in [0.2, 0.25) is 0 Å². The lowest BCUT2D eigenvalue weighted by atomic mass is 10.1. The molecule has 0 atom stereocenters. The molecule has 0 spiro atoms. The minimum absolute atomic E-state index is 0.233. The van der Waals surface area contributed by atoms with Gasteiger partial charge >= 0.3 is 0 Å². The Morgan fingerprint density at radius 3 is 2.18 bits per heavy atom. The molecule has 0 aromatic heterocycles. The number of ether oxygens (including phenoxy) is 3. The molecule has 8 nitrogen and oxygen atoms in total. The number of nitrogens with zero attached hydrogens (tertiary/aromatic N) is 1. The first-order chi connectivity index (χ1) is 13.5. The average Bonchev–Trinajstić information content (AvgIpc) is 2.72. The highest BCUT2D eigenvalue weighted by Crippen LogP contribution is 2.38. The number of methoxy groups -OCH3 is 3. The maximum Gasteiger partial charge on any atom is 0.259 e.